The number of rotatable bonds is 1. The van der Waals surface area contributed by atoms with Gasteiger partial charge in [-0.05, 0) is 99.6 Å². The minimum atomic E-state index is -0.639. The van der Waals surface area contributed by atoms with E-state index in [4.69, 9.17) is 0 Å². The van der Waals surface area contributed by atoms with Crippen molar-refractivity contribution < 1.29 is 10.2 Å². The molecule has 0 bridgehead atoms. The third kappa shape index (κ3) is 2.28. The molecule has 5 atom stereocenters. The lowest BCUT2D eigenvalue weighted by atomic mass is 9.53. The molecule has 2 nitrogen and oxygen atoms in total. The Hall–Kier alpha value is -0.0700. The first-order valence-electron chi connectivity index (χ1n) is 8.92. The van der Waals surface area contributed by atoms with Gasteiger partial charge in [0.1, 0.15) is 5.75 Å². The van der Waals surface area contributed by atoms with Crippen LogP contribution in [0.5, 0.6) is 5.75 Å². The van der Waals surface area contributed by atoms with Crippen LogP contribution in [0.15, 0.2) is 26.8 Å². The molecule has 0 saturated heterocycles. The number of phenolic OH excluding ortho intramolecular Hbond substituents is 1. The average Bonchev–Trinajstić information content (AvgIpc) is 2.82. The van der Waals surface area contributed by atoms with Crippen molar-refractivity contribution in [2.45, 2.75) is 57.0 Å². The molecular formula is C20H24BrIO2. The summed E-state index contributed by atoms with van der Waals surface area (Å²) in [6.45, 7) is 2.32. The predicted octanol–water partition coefficient (Wildman–Crippen LogP) is 5.69. The molecule has 0 spiro atoms. The van der Waals surface area contributed by atoms with Crippen molar-refractivity contribution in [3.05, 3.63) is 37.9 Å². The zero-order valence-electron chi connectivity index (χ0n) is 13.9. The van der Waals surface area contributed by atoms with Gasteiger partial charge < -0.3 is 10.2 Å². The molecule has 2 fully saturated rings. The highest BCUT2D eigenvalue weighted by Crippen LogP contribution is 2.65. The maximum absolute atomic E-state index is 11.3. The molecule has 4 rings (SSSR count). The standard InChI is InChI=1S/C20H24BrIO2/c1-19-8-6-13-12-4-5-17(23)18(21)15(12)3-2-14(13)16(19)7-9-20(19,24)10-11-22/h4-5,10-11,13-14,16,23-24H,2-3,6-9H2,1H3/b11-10-/t13-,14-,16+,19+,20+/m1/s1. The van der Waals surface area contributed by atoms with Crippen molar-refractivity contribution >= 4 is 38.5 Å². The number of benzene rings is 1. The quantitative estimate of drug-likeness (QED) is 0.484. The largest absolute Gasteiger partial charge is 0.507 e. The van der Waals surface area contributed by atoms with Gasteiger partial charge in [-0.2, -0.15) is 0 Å². The molecule has 130 valence electrons. The van der Waals surface area contributed by atoms with Gasteiger partial charge in [0.05, 0.1) is 10.1 Å². The van der Waals surface area contributed by atoms with Crippen molar-refractivity contribution in [1.82, 2.24) is 0 Å². The van der Waals surface area contributed by atoms with E-state index in [9.17, 15) is 10.2 Å². The maximum atomic E-state index is 11.3. The second-order valence-corrected chi connectivity index (χ2v) is 9.61. The second-order valence-electron chi connectivity index (χ2n) is 8.09. The number of hydrogen-bond acceptors (Lipinski definition) is 2. The fourth-order valence-corrected chi connectivity index (χ4v) is 7.20. The lowest BCUT2D eigenvalue weighted by Gasteiger charge is -2.52. The van der Waals surface area contributed by atoms with Crippen molar-refractivity contribution in [1.29, 1.82) is 0 Å². The summed E-state index contributed by atoms with van der Waals surface area (Å²) in [7, 11) is 0. The molecule has 0 aromatic heterocycles. The summed E-state index contributed by atoms with van der Waals surface area (Å²) in [5.74, 6) is 2.18. The summed E-state index contributed by atoms with van der Waals surface area (Å²) >= 11 is 5.82. The van der Waals surface area contributed by atoms with Gasteiger partial charge in [0.2, 0.25) is 0 Å². The number of aliphatic hydroxyl groups is 1. The minimum absolute atomic E-state index is 0.00148. The SMILES string of the molecule is C[C@]12CC[C@@H]3c4ccc(O)c(Br)c4CC[C@H]3[C@@H]1CC[C@]2(O)/C=C\I. The first-order chi connectivity index (χ1) is 11.4. The summed E-state index contributed by atoms with van der Waals surface area (Å²) in [6.07, 6.45) is 8.47. The van der Waals surface area contributed by atoms with Crippen LogP contribution in [0.4, 0.5) is 0 Å². The van der Waals surface area contributed by atoms with E-state index in [0.29, 0.717) is 23.5 Å². The second kappa shape index (κ2) is 5.98. The monoisotopic (exact) mass is 502 g/mol. The maximum Gasteiger partial charge on any atom is 0.130 e. The Bertz CT molecular complexity index is 703. The third-order valence-corrected chi connectivity index (χ3v) is 8.62. The smallest absolute Gasteiger partial charge is 0.130 e. The van der Waals surface area contributed by atoms with Crippen LogP contribution in [-0.2, 0) is 6.42 Å². The highest BCUT2D eigenvalue weighted by atomic mass is 127. The van der Waals surface area contributed by atoms with E-state index in [1.807, 2.05) is 16.2 Å². The van der Waals surface area contributed by atoms with Crippen LogP contribution in [0.3, 0.4) is 0 Å². The van der Waals surface area contributed by atoms with Gasteiger partial charge >= 0.3 is 0 Å². The van der Waals surface area contributed by atoms with Crippen molar-refractivity contribution in [2.24, 2.45) is 17.3 Å². The molecule has 1 aromatic carbocycles. The van der Waals surface area contributed by atoms with Gasteiger partial charge in [-0.25, -0.2) is 0 Å². The summed E-state index contributed by atoms with van der Waals surface area (Å²) in [4.78, 5) is 0. The fourth-order valence-electron chi connectivity index (χ4n) is 6.04. The molecule has 0 amide bonds. The highest BCUT2D eigenvalue weighted by molar-refractivity contribution is 14.1. The van der Waals surface area contributed by atoms with Crippen molar-refractivity contribution in [3.8, 4) is 5.75 Å². The Morgan fingerprint density at radius 3 is 2.79 bits per heavy atom. The lowest BCUT2D eigenvalue weighted by molar-refractivity contribution is -0.0708. The van der Waals surface area contributed by atoms with Crippen molar-refractivity contribution in [2.75, 3.05) is 0 Å². The number of aromatic hydroxyl groups is 1. The Labute approximate surface area is 166 Å². The Balaban J connectivity index is 1.72. The highest BCUT2D eigenvalue weighted by Gasteiger charge is 2.60. The van der Waals surface area contributed by atoms with Crippen LogP contribution in [0.25, 0.3) is 0 Å². The fraction of sp³-hybridized carbons (Fsp3) is 0.600. The molecule has 1 aromatic rings. The summed E-state index contributed by atoms with van der Waals surface area (Å²) in [6, 6.07) is 3.98. The molecule has 4 heteroatoms. The summed E-state index contributed by atoms with van der Waals surface area (Å²) in [5.41, 5.74) is 2.10. The Morgan fingerprint density at radius 1 is 1.25 bits per heavy atom. The molecule has 0 aliphatic heterocycles. The van der Waals surface area contributed by atoms with Crippen LogP contribution >= 0.6 is 38.5 Å². The van der Waals surface area contributed by atoms with Gasteiger partial charge in [-0.15, -0.1) is 0 Å². The van der Waals surface area contributed by atoms with Gasteiger partial charge in [-0.1, -0.05) is 35.6 Å². The minimum Gasteiger partial charge on any atom is -0.507 e. The van der Waals surface area contributed by atoms with Crippen LogP contribution in [-0.4, -0.2) is 15.8 Å². The van der Waals surface area contributed by atoms with Crippen LogP contribution in [0.1, 0.15) is 56.1 Å². The molecule has 0 radical (unpaired) electrons. The zero-order chi connectivity index (χ0) is 17.1. The molecule has 0 unspecified atom stereocenters. The van der Waals surface area contributed by atoms with Crippen molar-refractivity contribution in [3.63, 3.8) is 0 Å². The van der Waals surface area contributed by atoms with E-state index in [1.165, 1.54) is 17.5 Å². The normalized spacial score (nSPS) is 41.1. The molecular weight excluding hydrogens is 479 g/mol. The first kappa shape index (κ1) is 17.3. The van der Waals surface area contributed by atoms with E-state index in [-0.39, 0.29) is 5.41 Å². The molecule has 24 heavy (non-hydrogen) atoms. The predicted molar refractivity (Wildman–Crippen MR) is 109 cm³/mol. The lowest BCUT2D eigenvalue weighted by Crippen LogP contribution is -2.49. The van der Waals surface area contributed by atoms with E-state index in [0.717, 1.165) is 36.6 Å². The van der Waals surface area contributed by atoms with Crippen LogP contribution in [0, 0.1) is 17.3 Å². The van der Waals surface area contributed by atoms with Gasteiger partial charge in [0, 0.05) is 5.41 Å². The summed E-state index contributed by atoms with van der Waals surface area (Å²) in [5, 5.41) is 21.3. The topological polar surface area (TPSA) is 40.5 Å². The third-order valence-electron chi connectivity index (χ3n) is 7.38. The molecule has 0 heterocycles. The molecule has 3 aliphatic carbocycles. The summed E-state index contributed by atoms with van der Waals surface area (Å²) < 4.78 is 2.88. The van der Waals surface area contributed by atoms with E-state index in [1.54, 1.807) is 0 Å². The Morgan fingerprint density at radius 2 is 2.04 bits per heavy atom. The number of phenols is 1. The molecule has 3 aliphatic rings. The van der Waals surface area contributed by atoms with Gasteiger partial charge in [0.15, 0.2) is 0 Å². The van der Waals surface area contributed by atoms with Crippen LogP contribution in [0.2, 0.25) is 0 Å². The first-order valence-corrected chi connectivity index (χ1v) is 11.0. The average molecular weight is 503 g/mol. The Kier molecular flexibility index (Phi) is 4.33. The number of fused-ring (bicyclic) bond motifs is 5. The van der Waals surface area contributed by atoms with E-state index in [2.05, 4.69) is 51.5 Å². The number of halogens is 2. The zero-order valence-corrected chi connectivity index (χ0v) is 17.7. The van der Waals surface area contributed by atoms with Gasteiger partial charge in [0.25, 0.3) is 0 Å². The van der Waals surface area contributed by atoms with E-state index < -0.39 is 5.60 Å². The number of hydrogen-bond donors (Lipinski definition) is 2. The van der Waals surface area contributed by atoms with Gasteiger partial charge in [-0.3, -0.25) is 0 Å². The van der Waals surface area contributed by atoms with Crippen LogP contribution < -0.4 is 0 Å². The van der Waals surface area contributed by atoms with E-state index >= 15 is 0 Å². The molecule has 2 N–H and O–H groups in total. The molecule has 2 saturated carbocycles.